The van der Waals surface area contributed by atoms with Gasteiger partial charge in [-0.15, -0.1) is 0 Å². The summed E-state index contributed by atoms with van der Waals surface area (Å²) >= 11 is 0. The van der Waals surface area contributed by atoms with Gasteiger partial charge in [0.05, 0.1) is 0 Å². The van der Waals surface area contributed by atoms with Gasteiger partial charge in [0.15, 0.2) is 0 Å². The maximum absolute atomic E-state index is 14.0. The summed E-state index contributed by atoms with van der Waals surface area (Å²) in [5.74, 6) is -0.813. The van der Waals surface area contributed by atoms with E-state index in [1.165, 1.54) is 17.0 Å². The Labute approximate surface area is 165 Å². The van der Waals surface area contributed by atoms with Crippen molar-refractivity contribution in [2.24, 2.45) is 0 Å². The number of rotatable bonds is 6. The molecule has 28 heavy (non-hydrogen) atoms. The molecule has 1 aromatic carbocycles. The Morgan fingerprint density at radius 2 is 1.75 bits per heavy atom. The molecule has 0 aliphatic carbocycles. The monoisotopic (exact) mass is 413 g/mol. The van der Waals surface area contributed by atoms with Gasteiger partial charge in [-0.05, 0) is 42.0 Å². The van der Waals surface area contributed by atoms with Crippen molar-refractivity contribution >= 4 is 27.6 Å². The Morgan fingerprint density at radius 3 is 2.18 bits per heavy atom. The minimum absolute atomic E-state index is 0.0585. The van der Waals surface area contributed by atoms with Crippen LogP contribution in [-0.4, -0.2) is 43.6 Å². The van der Waals surface area contributed by atoms with E-state index in [4.69, 9.17) is 0 Å². The summed E-state index contributed by atoms with van der Waals surface area (Å²) in [6.45, 7) is 9.70. The number of amides is 3. The summed E-state index contributed by atoms with van der Waals surface area (Å²) in [7, 11) is -4.03. The maximum Gasteiger partial charge on any atom is 0.332 e. The minimum Gasteiger partial charge on any atom is -0.342 e. The zero-order chi connectivity index (χ0) is 21.2. The lowest BCUT2D eigenvalue weighted by Crippen LogP contribution is -2.42. The van der Waals surface area contributed by atoms with E-state index in [9.17, 15) is 22.4 Å². The second-order valence-electron chi connectivity index (χ2n) is 7.63. The van der Waals surface area contributed by atoms with Crippen LogP contribution in [-0.2, 0) is 14.8 Å². The van der Waals surface area contributed by atoms with Crippen molar-refractivity contribution in [3.63, 3.8) is 0 Å². The largest absolute Gasteiger partial charge is 0.342 e. The maximum atomic E-state index is 14.0. The highest BCUT2D eigenvalue weighted by atomic mass is 32.2. The molecule has 9 heteroatoms. The second kappa shape index (κ2) is 8.46. The van der Waals surface area contributed by atoms with E-state index in [0.717, 1.165) is 0 Å². The number of carbonyl (C=O) groups is 2. The van der Waals surface area contributed by atoms with Crippen molar-refractivity contribution < 1.29 is 22.4 Å². The first-order valence-electron chi connectivity index (χ1n) is 9.40. The van der Waals surface area contributed by atoms with Crippen LogP contribution in [0.5, 0.6) is 0 Å². The van der Waals surface area contributed by atoms with Crippen molar-refractivity contribution in [1.82, 2.24) is 9.62 Å². The molecule has 1 aromatic rings. The van der Waals surface area contributed by atoms with Crippen LogP contribution < -0.4 is 10.0 Å². The Bertz CT molecular complexity index is 839. The normalized spacial score (nSPS) is 17.5. The van der Waals surface area contributed by atoms with Gasteiger partial charge in [-0.3, -0.25) is 4.79 Å². The molecular weight excluding hydrogens is 385 g/mol. The number of hydrogen-bond acceptors (Lipinski definition) is 4. The Balaban J connectivity index is 2.24. The van der Waals surface area contributed by atoms with E-state index in [1.807, 2.05) is 32.4 Å². The van der Waals surface area contributed by atoms with Gasteiger partial charge in [-0.2, -0.15) is 0 Å². The van der Waals surface area contributed by atoms with E-state index < -0.39 is 27.1 Å². The molecule has 0 saturated carbocycles. The number of likely N-dealkylation sites (tertiary alicyclic amines) is 1. The molecule has 1 atom stereocenters. The van der Waals surface area contributed by atoms with Crippen molar-refractivity contribution in [2.75, 3.05) is 18.4 Å². The molecule has 3 amide bonds. The van der Waals surface area contributed by atoms with Crippen LogP contribution in [0.4, 0.5) is 14.9 Å². The summed E-state index contributed by atoms with van der Waals surface area (Å²) < 4.78 is 41.0. The molecule has 1 aliphatic rings. The zero-order valence-corrected chi connectivity index (χ0v) is 17.7. The van der Waals surface area contributed by atoms with Crippen LogP contribution in [0.15, 0.2) is 12.1 Å². The molecular formula is C19H28FN3O4S. The molecule has 1 unspecified atom stereocenters. The molecule has 2 N–H and O–H groups in total. The molecule has 7 nitrogen and oxygen atoms in total. The lowest BCUT2D eigenvalue weighted by Gasteiger charge is -2.21. The molecule has 1 aliphatic heterocycles. The molecule has 156 valence electrons. The topological polar surface area (TPSA) is 95.6 Å². The molecule has 1 fully saturated rings. The average molecular weight is 414 g/mol. The Kier molecular flexibility index (Phi) is 6.69. The van der Waals surface area contributed by atoms with Crippen LogP contribution in [0.1, 0.15) is 64.0 Å². The number of hydrogen-bond donors (Lipinski definition) is 2. The highest BCUT2D eigenvalue weighted by Crippen LogP contribution is 2.33. The summed E-state index contributed by atoms with van der Waals surface area (Å²) in [6.07, 6.45) is -0.151. The van der Waals surface area contributed by atoms with Gasteiger partial charge in [-0.1, -0.05) is 27.7 Å². The van der Waals surface area contributed by atoms with Crippen LogP contribution in [0.25, 0.3) is 0 Å². The fourth-order valence-corrected chi connectivity index (χ4v) is 4.52. The van der Waals surface area contributed by atoms with Gasteiger partial charge < -0.3 is 10.2 Å². The summed E-state index contributed by atoms with van der Waals surface area (Å²) in [4.78, 5) is 25.7. The van der Waals surface area contributed by atoms with Gasteiger partial charge in [0.25, 0.3) is 0 Å². The summed E-state index contributed by atoms with van der Waals surface area (Å²) in [6, 6.07) is 1.77. The average Bonchev–Trinajstić information content (AvgIpc) is 2.97. The van der Waals surface area contributed by atoms with Crippen LogP contribution in [0, 0.1) is 5.82 Å². The third-order valence-corrected chi connectivity index (χ3v) is 6.54. The first kappa shape index (κ1) is 22.1. The Morgan fingerprint density at radius 1 is 1.21 bits per heavy atom. The van der Waals surface area contributed by atoms with E-state index in [-0.39, 0.29) is 30.7 Å². The molecule has 0 aromatic heterocycles. The summed E-state index contributed by atoms with van der Waals surface area (Å²) in [5, 5.41) is 1.61. The smallest absolute Gasteiger partial charge is 0.332 e. The van der Waals surface area contributed by atoms with Crippen LogP contribution in [0.2, 0.25) is 0 Å². The first-order chi connectivity index (χ1) is 13.0. The number of anilines is 1. The molecule has 2 rings (SSSR count). The highest BCUT2D eigenvalue weighted by molar-refractivity contribution is 7.90. The standard InChI is InChI=1S/C19H28FN3O4S/c1-6-23-10-14(9-17(23)24)28(26,27)22-19(25)21-18-15(11(2)3)7-13(20)8-16(18)12(4)5/h7-8,11-12,14H,6,9-10H2,1-5H3,(H2,21,22,25). The van der Waals surface area contributed by atoms with Crippen molar-refractivity contribution in [3.05, 3.63) is 29.1 Å². The van der Waals surface area contributed by atoms with E-state index in [0.29, 0.717) is 23.4 Å². The van der Waals surface area contributed by atoms with E-state index >= 15 is 0 Å². The fraction of sp³-hybridized carbons (Fsp3) is 0.579. The first-order valence-corrected chi connectivity index (χ1v) is 10.9. The molecule has 0 spiro atoms. The number of urea groups is 1. The number of halogens is 1. The van der Waals surface area contributed by atoms with E-state index in [2.05, 4.69) is 5.32 Å². The van der Waals surface area contributed by atoms with Gasteiger partial charge >= 0.3 is 6.03 Å². The van der Waals surface area contributed by atoms with Gasteiger partial charge in [0.2, 0.25) is 15.9 Å². The fourth-order valence-electron chi connectivity index (χ4n) is 3.31. The minimum atomic E-state index is -4.03. The van der Waals surface area contributed by atoms with Gasteiger partial charge in [-0.25, -0.2) is 22.3 Å². The second-order valence-corrected chi connectivity index (χ2v) is 9.59. The zero-order valence-electron chi connectivity index (χ0n) is 16.9. The number of nitrogens with zero attached hydrogens (tertiary/aromatic N) is 1. The highest BCUT2D eigenvalue weighted by Gasteiger charge is 2.38. The molecule has 1 saturated heterocycles. The summed E-state index contributed by atoms with van der Waals surface area (Å²) in [5.41, 5.74) is 1.59. The third-order valence-electron chi connectivity index (χ3n) is 4.88. The van der Waals surface area contributed by atoms with Crippen molar-refractivity contribution in [3.8, 4) is 0 Å². The lowest BCUT2D eigenvalue weighted by molar-refractivity contribution is -0.127. The number of carbonyl (C=O) groups excluding carboxylic acids is 2. The lowest BCUT2D eigenvalue weighted by atomic mass is 9.92. The van der Waals surface area contributed by atoms with E-state index in [1.54, 1.807) is 6.92 Å². The molecule has 0 bridgehead atoms. The molecule has 0 radical (unpaired) electrons. The number of sulfonamides is 1. The van der Waals surface area contributed by atoms with Crippen molar-refractivity contribution in [1.29, 1.82) is 0 Å². The predicted octanol–water partition coefficient (Wildman–Crippen LogP) is 3.14. The Hall–Kier alpha value is -2.16. The quantitative estimate of drug-likeness (QED) is 0.749. The van der Waals surface area contributed by atoms with Crippen molar-refractivity contribution in [2.45, 2.75) is 58.1 Å². The van der Waals surface area contributed by atoms with Gasteiger partial charge in [0, 0.05) is 25.2 Å². The van der Waals surface area contributed by atoms with Crippen LogP contribution in [0.3, 0.4) is 0 Å². The SMILES string of the molecule is CCN1CC(S(=O)(=O)NC(=O)Nc2c(C(C)C)cc(F)cc2C(C)C)CC1=O. The van der Waals surface area contributed by atoms with Crippen LogP contribution >= 0.6 is 0 Å². The molecule has 1 heterocycles. The van der Waals surface area contributed by atoms with Gasteiger partial charge in [0.1, 0.15) is 11.1 Å². The predicted molar refractivity (Wildman–Crippen MR) is 106 cm³/mol. The third kappa shape index (κ3) is 4.81. The number of benzene rings is 1. The number of nitrogens with one attached hydrogen (secondary N) is 2.